The Hall–Kier alpha value is -1.54. The molecule has 0 N–H and O–H groups in total. The highest BCUT2D eigenvalue weighted by Crippen LogP contribution is 2.36. The minimum Gasteiger partial charge on any atom is -0.456 e. The molecule has 2 unspecified atom stereocenters. The minimum atomic E-state index is 0.674. The Bertz CT molecular complexity index is 577. The lowest BCUT2D eigenvalue weighted by atomic mass is 9.86. The van der Waals surface area contributed by atoms with Gasteiger partial charge < -0.3 is 4.42 Å². The molecule has 4 rings (SSSR count). The van der Waals surface area contributed by atoms with Crippen molar-refractivity contribution in [2.24, 2.45) is 5.92 Å². The van der Waals surface area contributed by atoms with Gasteiger partial charge in [0, 0.05) is 24.4 Å². The maximum atomic E-state index is 6.01. The molecule has 0 aliphatic carbocycles. The van der Waals surface area contributed by atoms with E-state index >= 15 is 0 Å². The number of rotatable bonds is 1. The molecule has 2 aliphatic rings. The molecule has 1 aromatic carbocycles. The first-order chi connectivity index (χ1) is 8.90. The van der Waals surface area contributed by atoms with Crippen LogP contribution in [0.1, 0.15) is 18.6 Å². The second-order valence-corrected chi connectivity index (χ2v) is 5.41. The average Bonchev–Trinajstić information content (AvgIpc) is 2.82. The summed E-state index contributed by atoms with van der Waals surface area (Å²) < 4.78 is 6.01. The van der Waals surface area contributed by atoms with Crippen molar-refractivity contribution in [2.75, 3.05) is 19.6 Å². The van der Waals surface area contributed by atoms with Gasteiger partial charge in [0.15, 0.2) is 0 Å². The van der Waals surface area contributed by atoms with Gasteiger partial charge in [-0.25, -0.2) is 0 Å². The molecule has 18 heavy (non-hydrogen) atoms. The third-order valence-corrected chi connectivity index (χ3v) is 4.22. The fourth-order valence-corrected chi connectivity index (χ4v) is 3.30. The van der Waals surface area contributed by atoms with Crippen LogP contribution >= 0.6 is 0 Å². The number of hydrogen-bond acceptors (Lipinski definition) is 2. The first-order valence-electron chi connectivity index (χ1n) is 6.81. The van der Waals surface area contributed by atoms with Gasteiger partial charge >= 0.3 is 0 Å². The predicted molar refractivity (Wildman–Crippen MR) is 73.4 cm³/mol. The van der Waals surface area contributed by atoms with Crippen LogP contribution in [0.5, 0.6) is 0 Å². The molecule has 3 heterocycles. The summed E-state index contributed by atoms with van der Waals surface area (Å²) in [5.41, 5.74) is 2.44. The Morgan fingerprint density at radius 1 is 1.22 bits per heavy atom. The van der Waals surface area contributed by atoms with E-state index in [0.717, 1.165) is 17.9 Å². The lowest BCUT2D eigenvalue weighted by Gasteiger charge is -2.36. The van der Waals surface area contributed by atoms with Gasteiger partial charge in [-0.05, 0) is 37.1 Å². The summed E-state index contributed by atoms with van der Waals surface area (Å²) in [6.07, 6.45) is 4.99. The maximum absolute atomic E-state index is 6.01. The van der Waals surface area contributed by atoms with Crippen molar-refractivity contribution < 1.29 is 4.42 Å². The fraction of sp³-hybridized carbons (Fsp3) is 0.375. The summed E-state index contributed by atoms with van der Waals surface area (Å²) in [7, 11) is 0. The number of benzene rings is 1. The van der Waals surface area contributed by atoms with Gasteiger partial charge in [0.05, 0.1) is 0 Å². The first-order valence-corrected chi connectivity index (χ1v) is 6.81. The Morgan fingerprint density at radius 2 is 2.17 bits per heavy atom. The van der Waals surface area contributed by atoms with Crippen LogP contribution in [0.3, 0.4) is 0 Å². The highest BCUT2D eigenvalue weighted by Gasteiger charge is 2.28. The smallest absolute Gasteiger partial charge is 0.134 e. The summed E-state index contributed by atoms with van der Waals surface area (Å²) in [5.74, 6) is 1.76. The van der Waals surface area contributed by atoms with Gasteiger partial charge in [0.25, 0.3) is 0 Å². The zero-order chi connectivity index (χ0) is 11.9. The molecule has 92 valence electrons. The standard InChI is InChI=1S/C16H17NO/c1-2-6-15-12(4-1)10-16(18-15)14-7-9-17-8-3-5-13(14)11-17/h1-2,4,6-7,10,13H,3,5,8-9,11H2. The predicted octanol–water partition coefficient (Wildman–Crippen LogP) is 3.54. The van der Waals surface area contributed by atoms with Crippen LogP contribution in [-0.4, -0.2) is 24.5 Å². The molecule has 1 fully saturated rings. The van der Waals surface area contributed by atoms with E-state index in [1.54, 1.807) is 0 Å². The molecule has 2 aliphatic heterocycles. The molecule has 2 nitrogen and oxygen atoms in total. The van der Waals surface area contributed by atoms with Gasteiger partial charge in [-0.2, -0.15) is 0 Å². The van der Waals surface area contributed by atoms with Crippen molar-refractivity contribution >= 4 is 16.5 Å². The number of fused-ring (bicyclic) bond motifs is 3. The Morgan fingerprint density at radius 3 is 3.11 bits per heavy atom. The minimum absolute atomic E-state index is 0.674. The van der Waals surface area contributed by atoms with Crippen LogP contribution < -0.4 is 0 Å². The van der Waals surface area contributed by atoms with E-state index in [0.29, 0.717) is 5.92 Å². The summed E-state index contributed by atoms with van der Waals surface area (Å²) in [4.78, 5) is 2.54. The Kier molecular flexibility index (Phi) is 2.30. The molecule has 0 saturated carbocycles. The third-order valence-electron chi connectivity index (χ3n) is 4.22. The molecule has 0 amide bonds. The molecule has 2 aromatic rings. The van der Waals surface area contributed by atoms with E-state index in [9.17, 15) is 0 Å². The van der Waals surface area contributed by atoms with Crippen LogP contribution in [0.4, 0.5) is 0 Å². The van der Waals surface area contributed by atoms with Gasteiger partial charge in [0.1, 0.15) is 11.3 Å². The van der Waals surface area contributed by atoms with Crippen molar-refractivity contribution in [3.63, 3.8) is 0 Å². The summed E-state index contributed by atoms with van der Waals surface area (Å²) >= 11 is 0. The molecule has 1 aromatic heterocycles. The zero-order valence-corrected chi connectivity index (χ0v) is 10.4. The van der Waals surface area contributed by atoms with Gasteiger partial charge in [-0.1, -0.05) is 24.3 Å². The van der Waals surface area contributed by atoms with Crippen molar-refractivity contribution in [3.8, 4) is 0 Å². The molecule has 2 atom stereocenters. The van der Waals surface area contributed by atoms with Crippen LogP contribution in [-0.2, 0) is 0 Å². The Balaban J connectivity index is 1.77. The van der Waals surface area contributed by atoms with E-state index in [-0.39, 0.29) is 0 Å². The molecule has 0 spiro atoms. The van der Waals surface area contributed by atoms with Gasteiger partial charge in [-0.15, -0.1) is 0 Å². The van der Waals surface area contributed by atoms with Crippen molar-refractivity contribution in [1.29, 1.82) is 0 Å². The van der Waals surface area contributed by atoms with Gasteiger partial charge in [0.2, 0.25) is 0 Å². The second kappa shape index (κ2) is 3.99. The summed E-state index contributed by atoms with van der Waals surface area (Å²) in [5, 5.41) is 1.21. The quantitative estimate of drug-likeness (QED) is 0.756. The fourth-order valence-electron chi connectivity index (χ4n) is 3.30. The second-order valence-electron chi connectivity index (χ2n) is 5.41. The Labute approximate surface area is 107 Å². The maximum Gasteiger partial charge on any atom is 0.134 e. The topological polar surface area (TPSA) is 16.4 Å². The number of hydrogen-bond donors (Lipinski definition) is 0. The van der Waals surface area contributed by atoms with Crippen molar-refractivity contribution in [2.45, 2.75) is 12.8 Å². The van der Waals surface area contributed by atoms with E-state index in [2.05, 4.69) is 35.2 Å². The summed E-state index contributed by atoms with van der Waals surface area (Å²) in [6.45, 7) is 3.56. The highest BCUT2D eigenvalue weighted by atomic mass is 16.3. The SMILES string of the molecule is C1=C(c2cc3ccccc3o2)C2CCCN(C1)C2. The number of furan rings is 1. The molecule has 0 radical (unpaired) electrons. The van der Waals surface area contributed by atoms with E-state index in [4.69, 9.17) is 4.42 Å². The van der Waals surface area contributed by atoms with Crippen LogP contribution in [0, 0.1) is 5.92 Å². The largest absolute Gasteiger partial charge is 0.456 e. The molecule has 2 heteroatoms. The number of nitrogens with zero attached hydrogens (tertiary/aromatic N) is 1. The normalized spacial score (nSPS) is 27.2. The molecule has 1 saturated heterocycles. The summed E-state index contributed by atoms with van der Waals surface area (Å²) in [6, 6.07) is 10.5. The lowest BCUT2D eigenvalue weighted by molar-refractivity contribution is 0.208. The van der Waals surface area contributed by atoms with Crippen LogP contribution in [0.25, 0.3) is 16.5 Å². The van der Waals surface area contributed by atoms with E-state index in [1.807, 2.05) is 6.07 Å². The zero-order valence-electron chi connectivity index (χ0n) is 10.4. The van der Waals surface area contributed by atoms with Crippen molar-refractivity contribution in [3.05, 3.63) is 42.2 Å². The molecule has 2 bridgehead atoms. The highest BCUT2D eigenvalue weighted by molar-refractivity contribution is 5.82. The van der Waals surface area contributed by atoms with Crippen molar-refractivity contribution in [1.82, 2.24) is 4.90 Å². The van der Waals surface area contributed by atoms with Gasteiger partial charge in [-0.3, -0.25) is 4.90 Å². The molecular formula is C16H17NO. The monoisotopic (exact) mass is 239 g/mol. The van der Waals surface area contributed by atoms with Crippen LogP contribution in [0.2, 0.25) is 0 Å². The number of piperidine rings is 1. The van der Waals surface area contributed by atoms with E-state index < -0.39 is 0 Å². The first kappa shape index (κ1) is 10.4. The molecular weight excluding hydrogens is 222 g/mol. The van der Waals surface area contributed by atoms with E-state index in [1.165, 1.54) is 36.9 Å². The van der Waals surface area contributed by atoms with Crippen LogP contribution in [0.15, 0.2) is 40.8 Å². The third kappa shape index (κ3) is 1.60. The lowest BCUT2D eigenvalue weighted by Crippen LogP contribution is -2.39. The number of para-hydroxylation sites is 1. The average molecular weight is 239 g/mol.